The van der Waals surface area contributed by atoms with Crippen LogP contribution in [0.3, 0.4) is 0 Å². The number of benzene rings is 1. The second-order valence-electron chi connectivity index (χ2n) is 4.25. The van der Waals surface area contributed by atoms with Gasteiger partial charge in [0, 0.05) is 18.0 Å². The molecule has 2 N–H and O–H groups in total. The van der Waals surface area contributed by atoms with Gasteiger partial charge in [-0.15, -0.1) is 0 Å². The summed E-state index contributed by atoms with van der Waals surface area (Å²) in [6, 6.07) is 11.4. The van der Waals surface area contributed by atoms with E-state index < -0.39 is 0 Å². The van der Waals surface area contributed by atoms with Gasteiger partial charge in [-0.05, 0) is 29.7 Å². The van der Waals surface area contributed by atoms with Crippen LogP contribution in [-0.4, -0.2) is 4.98 Å². The van der Waals surface area contributed by atoms with Crippen molar-refractivity contribution < 1.29 is 4.74 Å². The van der Waals surface area contributed by atoms with E-state index in [4.69, 9.17) is 10.5 Å². The maximum absolute atomic E-state index is 5.66. The molecule has 0 atom stereocenters. The first-order valence-electron chi connectivity index (χ1n) is 5.64. The third-order valence-electron chi connectivity index (χ3n) is 2.53. The van der Waals surface area contributed by atoms with Gasteiger partial charge in [0.2, 0.25) is 5.88 Å². The molecule has 0 spiro atoms. The molecule has 0 radical (unpaired) electrons. The zero-order valence-corrected chi connectivity index (χ0v) is 10.1. The summed E-state index contributed by atoms with van der Waals surface area (Å²) in [5.74, 6) is 1.81. The third-order valence-corrected chi connectivity index (χ3v) is 2.53. The highest BCUT2D eigenvalue weighted by molar-refractivity contribution is 5.41. The van der Waals surface area contributed by atoms with E-state index in [0.717, 1.165) is 5.75 Å². The third kappa shape index (κ3) is 2.97. The molecule has 3 heteroatoms. The van der Waals surface area contributed by atoms with Crippen LogP contribution < -0.4 is 10.5 Å². The Hall–Kier alpha value is -2.03. The van der Waals surface area contributed by atoms with Gasteiger partial charge >= 0.3 is 0 Å². The van der Waals surface area contributed by atoms with Crippen LogP contribution in [-0.2, 0) is 0 Å². The minimum absolute atomic E-state index is 0.516. The van der Waals surface area contributed by atoms with E-state index in [1.54, 1.807) is 18.3 Å². The molecule has 2 aromatic rings. The Morgan fingerprint density at radius 1 is 1.12 bits per heavy atom. The van der Waals surface area contributed by atoms with Crippen LogP contribution in [0.25, 0.3) is 0 Å². The number of aromatic nitrogens is 1. The lowest BCUT2D eigenvalue weighted by Crippen LogP contribution is -1.91. The molecule has 0 unspecified atom stereocenters. The van der Waals surface area contributed by atoms with Gasteiger partial charge < -0.3 is 10.5 Å². The fourth-order valence-electron chi connectivity index (χ4n) is 1.52. The summed E-state index contributed by atoms with van der Waals surface area (Å²) in [5, 5.41) is 0. The van der Waals surface area contributed by atoms with Crippen molar-refractivity contribution in [1.29, 1.82) is 0 Å². The van der Waals surface area contributed by atoms with Gasteiger partial charge in [0.25, 0.3) is 0 Å². The average Bonchev–Trinajstić information content (AvgIpc) is 2.29. The monoisotopic (exact) mass is 228 g/mol. The van der Waals surface area contributed by atoms with Crippen molar-refractivity contribution in [2.45, 2.75) is 19.8 Å². The van der Waals surface area contributed by atoms with E-state index in [-0.39, 0.29) is 0 Å². The SMILES string of the molecule is CC(C)c1ccc(Oc2cc(N)ccn2)cc1. The quantitative estimate of drug-likeness (QED) is 0.873. The van der Waals surface area contributed by atoms with Crippen molar-refractivity contribution in [3.8, 4) is 11.6 Å². The summed E-state index contributed by atoms with van der Waals surface area (Å²) in [4.78, 5) is 4.09. The van der Waals surface area contributed by atoms with Crippen molar-refractivity contribution in [2.24, 2.45) is 0 Å². The number of rotatable bonds is 3. The number of anilines is 1. The second kappa shape index (κ2) is 4.87. The van der Waals surface area contributed by atoms with E-state index in [2.05, 4.69) is 31.0 Å². The first-order valence-corrected chi connectivity index (χ1v) is 5.64. The summed E-state index contributed by atoms with van der Waals surface area (Å²) >= 11 is 0. The summed E-state index contributed by atoms with van der Waals surface area (Å²) in [6.07, 6.45) is 1.63. The predicted octanol–water partition coefficient (Wildman–Crippen LogP) is 3.58. The highest BCUT2D eigenvalue weighted by Crippen LogP contribution is 2.23. The molecule has 3 nitrogen and oxygen atoms in total. The molecule has 1 aromatic carbocycles. The Morgan fingerprint density at radius 2 is 1.82 bits per heavy atom. The number of hydrogen-bond donors (Lipinski definition) is 1. The molecule has 0 aliphatic rings. The maximum atomic E-state index is 5.66. The molecule has 2 rings (SSSR count). The Balaban J connectivity index is 2.14. The fraction of sp³-hybridized carbons (Fsp3) is 0.214. The van der Waals surface area contributed by atoms with Crippen LogP contribution in [0.5, 0.6) is 11.6 Å². The molecule has 0 bridgehead atoms. The van der Waals surface area contributed by atoms with E-state index in [1.165, 1.54) is 5.56 Å². The molecule has 0 fully saturated rings. The van der Waals surface area contributed by atoms with Crippen molar-refractivity contribution in [3.05, 3.63) is 48.2 Å². The molecule has 0 saturated heterocycles. The van der Waals surface area contributed by atoms with Crippen molar-refractivity contribution in [2.75, 3.05) is 5.73 Å². The largest absolute Gasteiger partial charge is 0.439 e. The van der Waals surface area contributed by atoms with Crippen LogP contribution in [0.1, 0.15) is 25.3 Å². The Morgan fingerprint density at radius 3 is 2.41 bits per heavy atom. The molecule has 17 heavy (non-hydrogen) atoms. The average molecular weight is 228 g/mol. The number of pyridine rings is 1. The van der Waals surface area contributed by atoms with Gasteiger partial charge in [0.15, 0.2) is 0 Å². The van der Waals surface area contributed by atoms with Gasteiger partial charge in [-0.25, -0.2) is 4.98 Å². The number of hydrogen-bond acceptors (Lipinski definition) is 3. The number of nitrogens with zero attached hydrogens (tertiary/aromatic N) is 1. The molecule has 88 valence electrons. The Labute approximate surface area is 101 Å². The van der Waals surface area contributed by atoms with Crippen LogP contribution in [0.2, 0.25) is 0 Å². The molecule has 0 amide bonds. The van der Waals surface area contributed by atoms with E-state index in [0.29, 0.717) is 17.5 Å². The second-order valence-corrected chi connectivity index (χ2v) is 4.25. The zero-order valence-electron chi connectivity index (χ0n) is 10.1. The van der Waals surface area contributed by atoms with E-state index >= 15 is 0 Å². The maximum Gasteiger partial charge on any atom is 0.221 e. The van der Waals surface area contributed by atoms with Crippen molar-refractivity contribution in [1.82, 2.24) is 4.98 Å². The molecule has 0 aliphatic heterocycles. The topological polar surface area (TPSA) is 48.1 Å². The van der Waals surface area contributed by atoms with E-state index in [9.17, 15) is 0 Å². The first-order chi connectivity index (χ1) is 8.15. The molecule has 1 heterocycles. The summed E-state index contributed by atoms with van der Waals surface area (Å²) in [7, 11) is 0. The Bertz CT molecular complexity index is 492. The molecule has 1 aromatic heterocycles. The van der Waals surface area contributed by atoms with Crippen molar-refractivity contribution in [3.63, 3.8) is 0 Å². The molecular weight excluding hydrogens is 212 g/mol. The van der Waals surface area contributed by atoms with Crippen LogP contribution in [0.15, 0.2) is 42.6 Å². The number of nitrogens with two attached hydrogens (primary N) is 1. The highest BCUT2D eigenvalue weighted by atomic mass is 16.5. The minimum Gasteiger partial charge on any atom is -0.439 e. The first kappa shape index (κ1) is 11.5. The van der Waals surface area contributed by atoms with E-state index in [1.807, 2.05) is 12.1 Å². The zero-order chi connectivity index (χ0) is 12.3. The molecule has 0 aliphatic carbocycles. The summed E-state index contributed by atoms with van der Waals surface area (Å²) in [5.41, 5.74) is 7.59. The molecular formula is C14H16N2O. The summed E-state index contributed by atoms with van der Waals surface area (Å²) in [6.45, 7) is 4.32. The normalized spacial score (nSPS) is 10.5. The van der Waals surface area contributed by atoms with Crippen LogP contribution in [0.4, 0.5) is 5.69 Å². The van der Waals surface area contributed by atoms with Crippen LogP contribution >= 0.6 is 0 Å². The smallest absolute Gasteiger partial charge is 0.221 e. The highest BCUT2D eigenvalue weighted by Gasteiger charge is 2.01. The van der Waals surface area contributed by atoms with Gasteiger partial charge in [0.1, 0.15) is 5.75 Å². The van der Waals surface area contributed by atoms with Crippen molar-refractivity contribution >= 4 is 5.69 Å². The summed E-state index contributed by atoms with van der Waals surface area (Å²) < 4.78 is 5.60. The van der Waals surface area contributed by atoms with Gasteiger partial charge in [-0.1, -0.05) is 26.0 Å². The van der Waals surface area contributed by atoms with Gasteiger partial charge in [-0.2, -0.15) is 0 Å². The number of ether oxygens (including phenoxy) is 1. The predicted molar refractivity (Wildman–Crippen MR) is 69.3 cm³/mol. The van der Waals surface area contributed by atoms with Gasteiger partial charge in [-0.3, -0.25) is 0 Å². The lowest BCUT2D eigenvalue weighted by atomic mass is 10.0. The van der Waals surface area contributed by atoms with Crippen LogP contribution in [0, 0.1) is 0 Å². The minimum atomic E-state index is 0.516. The standard InChI is InChI=1S/C14H16N2O/c1-10(2)11-3-5-13(6-4-11)17-14-9-12(15)7-8-16-14/h3-10H,1-2H3,(H2,15,16). The van der Waals surface area contributed by atoms with Gasteiger partial charge in [0.05, 0.1) is 0 Å². The fourth-order valence-corrected chi connectivity index (χ4v) is 1.52. The lowest BCUT2D eigenvalue weighted by Gasteiger charge is -2.08. The lowest BCUT2D eigenvalue weighted by molar-refractivity contribution is 0.463. The molecule has 0 saturated carbocycles. The Kier molecular flexibility index (Phi) is 3.28. The number of nitrogen functional groups attached to an aromatic ring is 1.